The van der Waals surface area contributed by atoms with Crippen molar-refractivity contribution in [2.75, 3.05) is 44.3 Å². The molecular weight excluding hydrogens is 444 g/mol. The Balaban J connectivity index is 1.34. The molecule has 2 aliphatic heterocycles. The van der Waals surface area contributed by atoms with Gasteiger partial charge in [-0.15, -0.1) is 0 Å². The lowest BCUT2D eigenvalue weighted by Gasteiger charge is -2.37. The Morgan fingerprint density at radius 2 is 1.77 bits per heavy atom. The highest BCUT2D eigenvalue weighted by Gasteiger charge is 2.23. The van der Waals surface area contributed by atoms with Crippen molar-refractivity contribution in [1.82, 2.24) is 10.2 Å². The summed E-state index contributed by atoms with van der Waals surface area (Å²) in [5, 5.41) is 14.3. The van der Waals surface area contributed by atoms with E-state index in [1.165, 1.54) is 12.1 Å². The summed E-state index contributed by atoms with van der Waals surface area (Å²) in [4.78, 5) is 26.9. The van der Waals surface area contributed by atoms with Crippen LogP contribution in [0.1, 0.15) is 10.4 Å². The third kappa shape index (κ3) is 4.64. The average molecular weight is 463 g/mol. The van der Waals surface area contributed by atoms with Crippen molar-refractivity contribution >= 4 is 46.2 Å². The van der Waals surface area contributed by atoms with Gasteiger partial charge < -0.3 is 19.3 Å². The lowest BCUT2D eigenvalue weighted by atomic mass is 10.2. The van der Waals surface area contributed by atoms with E-state index in [0.29, 0.717) is 66.6 Å². The van der Waals surface area contributed by atoms with Gasteiger partial charge in [-0.05, 0) is 36.5 Å². The molecule has 1 saturated heterocycles. The monoisotopic (exact) mass is 462 g/mol. The Hall–Kier alpha value is -3.11. The van der Waals surface area contributed by atoms with Gasteiger partial charge in [0, 0.05) is 43.9 Å². The standard InChI is InChI=1S/C20H19ClN4O5S/c21-15-12-14(25(27)28)2-3-16(15)23-5-7-24(8-6-23)20(31)22-19(26)13-1-4-17-18(11-13)30-10-9-29-17/h1-4,11-12H,5-10H2,(H,22,26,31). The molecule has 9 nitrogen and oxygen atoms in total. The molecular formula is C20H19ClN4O5S. The van der Waals surface area contributed by atoms with Crippen molar-refractivity contribution in [2.24, 2.45) is 0 Å². The van der Waals surface area contributed by atoms with Crippen LogP contribution in [-0.4, -0.2) is 60.2 Å². The van der Waals surface area contributed by atoms with Crippen LogP contribution < -0.4 is 19.7 Å². The number of anilines is 1. The number of halogens is 1. The normalized spacial score (nSPS) is 15.4. The van der Waals surface area contributed by atoms with Crippen LogP contribution in [0.3, 0.4) is 0 Å². The molecule has 162 valence electrons. The number of nitrogens with one attached hydrogen (secondary N) is 1. The highest BCUT2D eigenvalue weighted by molar-refractivity contribution is 7.80. The van der Waals surface area contributed by atoms with Crippen LogP contribution in [0, 0.1) is 10.1 Å². The van der Waals surface area contributed by atoms with Crippen LogP contribution in [0.2, 0.25) is 5.02 Å². The topological polar surface area (TPSA) is 97.2 Å². The molecule has 0 radical (unpaired) electrons. The summed E-state index contributed by atoms with van der Waals surface area (Å²) in [5.41, 5.74) is 1.12. The van der Waals surface area contributed by atoms with Gasteiger partial charge in [0.25, 0.3) is 11.6 Å². The van der Waals surface area contributed by atoms with Crippen LogP contribution in [0.4, 0.5) is 11.4 Å². The number of ether oxygens (including phenoxy) is 2. The zero-order valence-electron chi connectivity index (χ0n) is 16.4. The summed E-state index contributed by atoms with van der Waals surface area (Å²) in [7, 11) is 0. The van der Waals surface area contributed by atoms with E-state index in [-0.39, 0.29) is 11.6 Å². The summed E-state index contributed by atoms with van der Waals surface area (Å²) in [6.07, 6.45) is 0. The number of hydrogen-bond acceptors (Lipinski definition) is 7. The van der Waals surface area contributed by atoms with Crippen molar-refractivity contribution in [3.8, 4) is 11.5 Å². The Kier molecular flexibility index (Phi) is 6.10. The van der Waals surface area contributed by atoms with Gasteiger partial charge in [0.2, 0.25) is 0 Å². The second kappa shape index (κ2) is 8.94. The second-order valence-corrected chi connectivity index (χ2v) is 7.78. The lowest BCUT2D eigenvalue weighted by molar-refractivity contribution is -0.384. The first kappa shape index (κ1) is 21.1. The molecule has 0 aliphatic carbocycles. The molecule has 1 N–H and O–H groups in total. The van der Waals surface area contributed by atoms with Crippen molar-refractivity contribution in [3.63, 3.8) is 0 Å². The number of hydrogen-bond donors (Lipinski definition) is 1. The Morgan fingerprint density at radius 1 is 1.06 bits per heavy atom. The summed E-state index contributed by atoms with van der Waals surface area (Å²) in [6, 6.07) is 9.45. The molecule has 0 aromatic heterocycles. The fourth-order valence-electron chi connectivity index (χ4n) is 3.45. The number of thiocarbonyl (C=S) groups is 1. The molecule has 0 saturated carbocycles. The lowest BCUT2D eigenvalue weighted by Crippen LogP contribution is -2.52. The van der Waals surface area contributed by atoms with Crippen molar-refractivity contribution in [2.45, 2.75) is 0 Å². The molecule has 1 amide bonds. The maximum absolute atomic E-state index is 12.6. The molecule has 0 atom stereocenters. The van der Waals surface area contributed by atoms with Crippen LogP contribution in [0.25, 0.3) is 0 Å². The Labute approximate surface area is 188 Å². The van der Waals surface area contributed by atoms with E-state index in [0.717, 1.165) is 5.69 Å². The van der Waals surface area contributed by atoms with Crippen LogP contribution in [-0.2, 0) is 0 Å². The summed E-state index contributed by atoms with van der Waals surface area (Å²) in [5.74, 6) is 0.840. The fourth-order valence-corrected chi connectivity index (χ4v) is 4.02. The minimum absolute atomic E-state index is 0.0459. The van der Waals surface area contributed by atoms with Gasteiger partial charge in [0.15, 0.2) is 16.6 Å². The maximum atomic E-state index is 12.6. The van der Waals surface area contributed by atoms with E-state index in [4.69, 9.17) is 33.3 Å². The largest absolute Gasteiger partial charge is 0.486 e. The van der Waals surface area contributed by atoms with Gasteiger partial charge >= 0.3 is 0 Å². The van der Waals surface area contributed by atoms with Gasteiger partial charge in [0.1, 0.15) is 13.2 Å². The Bertz CT molecular complexity index is 1040. The first-order valence-corrected chi connectivity index (χ1v) is 10.4. The van der Waals surface area contributed by atoms with E-state index in [9.17, 15) is 14.9 Å². The molecule has 2 aromatic rings. The summed E-state index contributed by atoms with van der Waals surface area (Å²) < 4.78 is 11.0. The van der Waals surface area contributed by atoms with Crippen LogP contribution >= 0.6 is 23.8 Å². The first-order chi connectivity index (χ1) is 14.9. The van der Waals surface area contributed by atoms with Crippen molar-refractivity contribution < 1.29 is 19.2 Å². The molecule has 0 unspecified atom stereocenters. The summed E-state index contributed by atoms with van der Waals surface area (Å²) in [6.45, 7) is 3.30. The molecule has 0 bridgehead atoms. The number of fused-ring (bicyclic) bond motifs is 1. The third-order valence-electron chi connectivity index (χ3n) is 5.07. The number of carbonyl (C=O) groups is 1. The quantitative estimate of drug-likeness (QED) is 0.422. The zero-order chi connectivity index (χ0) is 22.0. The first-order valence-electron chi connectivity index (χ1n) is 9.61. The molecule has 2 aromatic carbocycles. The maximum Gasteiger partial charge on any atom is 0.271 e. The highest BCUT2D eigenvalue weighted by atomic mass is 35.5. The van der Waals surface area contributed by atoms with E-state index in [2.05, 4.69) is 5.32 Å². The number of nitro groups is 1. The minimum Gasteiger partial charge on any atom is -0.486 e. The number of carbonyl (C=O) groups excluding carboxylic acids is 1. The van der Waals surface area contributed by atoms with E-state index < -0.39 is 4.92 Å². The smallest absolute Gasteiger partial charge is 0.271 e. The average Bonchev–Trinajstić information content (AvgIpc) is 2.78. The molecule has 1 fully saturated rings. The number of benzene rings is 2. The molecule has 31 heavy (non-hydrogen) atoms. The number of rotatable bonds is 3. The Morgan fingerprint density at radius 3 is 2.45 bits per heavy atom. The molecule has 0 spiro atoms. The number of nitrogens with zero attached hydrogens (tertiary/aromatic N) is 3. The molecule has 4 rings (SSSR count). The van der Waals surface area contributed by atoms with Gasteiger partial charge in [0.05, 0.1) is 15.6 Å². The van der Waals surface area contributed by atoms with Gasteiger partial charge in [-0.1, -0.05) is 11.6 Å². The van der Waals surface area contributed by atoms with Crippen LogP contribution in [0.5, 0.6) is 11.5 Å². The third-order valence-corrected chi connectivity index (χ3v) is 5.74. The second-order valence-electron chi connectivity index (χ2n) is 6.98. The number of amides is 1. The van der Waals surface area contributed by atoms with Crippen molar-refractivity contribution in [3.05, 3.63) is 57.1 Å². The van der Waals surface area contributed by atoms with E-state index in [1.807, 2.05) is 9.80 Å². The molecule has 2 aliphatic rings. The highest BCUT2D eigenvalue weighted by Crippen LogP contribution is 2.31. The molecule has 11 heteroatoms. The number of non-ortho nitro benzene ring substituents is 1. The zero-order valence-corrected chi connectivity index (χ0v) is 17.9. The number of nitro benzene ring substituents is 1. The SMILES string of the molecule is O=C(NC(=S)N1CCN(c2ccc([N+](=O)[O-])cc2Cl)CC1)c1ccc2c(c1)OCCO2. The van der Waals surface area contributed by atoms with Crippen LogP contribution in [0.15, 0.2) is 36.4 Å². The van der Waals surface area contributed by atoms with Gasteiger partial charge in [-0.2, -0.15) is 0 Å². The van der Waals surface area contributed by atoms with Crippen molar-refractivity contribution in [1.29, 1.82) is 0 Å². The minimum atomic E-state index is -0.476. The van der Waals surface area contributed by atoms with Gasteiger partial charge in [-0.25, -0.2) is 0 Å². The number of piperazine rings is 1. The van der Waals surface area contributed by atoms with E-state index in [1.54, 1.807) is 24.3 Å². The fraction of sp³-hybridized carbons (Fsp3) is 0.300. The summed E-state index contributed by atoms with van der Waals surface area (Å²) >= 11 is 11.6. The van der Waals surface area contributed by atoms with Gasteiger partial charge in [-0.3, -0.25) is 20.2 Å². The predicted molar refractivity (Wildman–Crippen MR) is 119 cm³/mol. The van der Waals surface area contributed by atoms with E-state index >= 15 is 0 Å². The molecule has 2 heterocycles. The predicted octanol–water partition coefficient (Wildman–Crippen LogP) is 2.86.